The van der Waals surface area contributed by atoms with Gasteiger partial charge in [-0.25, -0.2) is 0 Å². The molecule has 0 spiro atoms. The van der Waals surface area contributed by atoms with Gasteiger partial charge in [0.2, 0.25) is 11.8 Å². The van der Waals surface area contributed by atoms with Crippen LogP contribution in [0.15, 0.2) is 48.5 Å². The second-order valence-corrected chi connectivity index (χ2v) is 5.68. The molecule has 2 rings (SSSR count). The van der Waals surface area contributed by atoms with Gasteiger partial charge < -0.3 is 19.7 Å². The molecule has 0 aliphatic carbocycles. The fourth-order valence-electron chi connectivity index (χ4n) is 2.56. The smallest absolute Gasteiger partial charge is 0.244 e. The van der Waals surface area contributed by atoms with Gasteiger partial charge in [0.05, 0.1) is 32.9 Å². The van der Waals surface area contributed by atoms with Crippen molar-refractivity contribution >= 4 is 17.5 Å². The van der Waals surface area contributed by atoms with Crippen LogP contribution in [0, 0.1) is 0 Å². The first-order valence-corrected chi connectivity index (χ1v) is 8.41. The first-order chi connectivity index (χ1) is 12.6. The molecular weight excluding hydrogens is 332 g/mol. The Kier molecular flexibility index (Phi) is 7.02. The van der Waals surface area contributed by atoms with E-state index in [0.29, 0.717) is 23.7 Å². The van der Waals surface area contributed by atoms with Crippen LogP contribution in [0.25, 0.3) is 0 Å². The Labute approximate surface area is 153 Å². The normalized spacial score (nSPS) is 10.1. The highest BCUT2D eigenvalue weighted by atomic mass is 16.5. The summed E-state index contributed by atoms with van der Waals surface area (Å²) in [5.41, 5.74) is 1.43. The lowest BCUT2D eigenvalue weighted by molar-refractivity contribution is -0.133. The van der Waals surface area contributed by atoms with E-state index < -0.39 is 0 Å². The zero-order valence-electron chi connectivity index (χ0n) is 15.3. The van der Waals surface area contributed by atoms with E-state index >= 15 is 0 Å². The summed E-state index contributed by atoms with van der Waals surface area (Å²) >= 11 is 0. The van der Waals surface area contributed by atoms with Gasteiger partial charge in [-0.3, -0.25) is 9.59 Å². The molecule has 138 valence electrons. The Bertz CT molecular complexity index is 761. The maximum Gasteiger partial charge on any atom is 0.244 e. The van der Waals surface area contributed by atoms with Gasteiger partial charge in [-0.1, -0.05) is 24.3 Å². The molecule has 26 heavy (non-hydrogen) atoms. The van der Waals surface area contributed by atoms with Gasteiger partial charge in [-0.15, -0.1) is 0 Å². The number of rotatable bonds is 8. The number of methoxy groups -OCH3 is 2. The standard InChI is InChI=1S/C20H24N2O4/c1-4-22(20(24)13-15-8-7-9-16(12-15)25-2)14-19(23)21-17-10-5-6-11-18(17)26-3/h5-12H,4,13-14H2,1-3H3,(H,21,23). The monoisotopic (exact) mass is 356 g/mol. The number of nitrogens with zero attached hydrogens (tertiary/aromatic N) is 1. The summed E-state index contributed by atoms with van der Waals surface area (Å²) in [4.78, 5) is 26.4. The van der Waals surface area contributed by atoms with Crippen LogP contribution in [0.1, 0.15) is 12.5 Å². The topological polar surface area (TPSA) is 67.9 Å². The molecule has 2 amide bonds. The van der Waals surface area contributed by atoms with Gasteiger partial charge in [0.15, 0.2) is 0 Å². The number of ether oxygens (including phenoxy) is 2. The van der Waals surface area contributed by atoms with Crippen molar-refractivity contribution in [3.8, 4) is 11.5 Å². The first kappa shape index (κ1) is 19.3. The highest BCUT2D eigenvalue weighted by Gasteiger charge is 2.17. The van der Waals surface area contributed by atoms with Crippen molar-refractivity contribution in [2.75, 3.05) is 32.6 Å². The van der Waals surface area contributed by atoms with E-state index in [1.807, 2.05) is 43.3 Å². The van der Waals surface area contributed by atoms with E-state index in [-0.39, 0.29) is 24.8 Å². The molecule has 0 aromatic heterocycles. The Morgan fingerprint density at radius 2 is 1.81 bits per heavy atom. The van der Waals surface area contributed by atoms with Crippen LogP contribution in [-0.2, 0) is 16.0 Å². The zero-order chi connectivity index (χ0) is 18.9. The zero-order valence-corrected chi connectivity index (χ0v) is 15.3. The maximum atomic E-state index is 12.5. The Hall–Kier alpha value is -3.02. The van der Waals surface area contributed by atoms with Crippen LogP contribution in [0.2, 0.25) is 0 Å². The molecule has 2 aromatic carbocycles. The Morgan fingerprint density at radius 3 is 2.50 bits per heavy atom. The summed E-state index contributed by atoms with van der Waals surface area (Å²) in [6.07, 6.45) is 0.215. The lowest BCUT2D eigenvalue weighted by Gasteiger charge is -2.21. The summed E-state index contributed by atoms with van der Waals surface area (Å²) < 4.78 is 10.4. The van der Waals surface area contributed by atoms with Crippen LogP contribution in [0.4, 0.5) is 5.69 Å². The predicted octanol–water partition coefficient (Wildman–Crippen LogP) is 2.73. The maximum absolute atomic E-state index is 12.5. The number of anilines is 1. The third kappa shape index (κ3) is 5.24. The SMILES string of the molecule is CCN(CC(=O)Nc1ccccc1OC)C(=O)Cc1cccc(OC)c1. The number of likely N-dealkylation sites (N-methyl/N-ethyl adjacent to an activating group) is 1. The molecule has 6 heteroatoms. The van der Waals surface area contributed by atoms with Gasteiger partial charge in [0, 0.05) is 6.54 Å². The minimum atomic E-state index is -0.268. The van der Waals surface area contributed by atoms with Crippen LogP contribution in [0.3, 0.4) is 0 Å². The molecule has 0 atom stereocenters. The van der Waals surface area contributed by atoms with Crippen LogP contribution >= 0.6 is 0 Å². The van der Waals surface area contributed by atoms with E-state index in [9.17, 15) is 9.59 Å². The van der Waals surface area contributed by atoms with E-state index in [2.05, 4.69) is 5.32 Å². The summed E-state index contributed by atoms with van der Waals surface area (Å²) in [5.74, 6) is 0.894. The van der Waals surface area contributed by atoms with Crippen molar-refractivity contribution in [2.24, 2.45) is 0 Å². The number of nitrogens with one attached hydrogen (secondary N) is 1. The molecule has 0 radical (unpaired) electrons. The third-order valence-electron chi connectivity index (χ3n) is 3.94. The molecule has 0 bridgehead atoms. The second-order valence-electron chi connectivity index (χ2n) is 5.68. The molecule has 2 aromatic rings. The van der Waals surface area contributed by atoms with E-state index in [0.717, 1.165) is 5.56 Å². The highest BCUT2D eigenvalue weighted by Crippen LogP contribution is 2.22. The lowest BCUT2D eigenvalue weighted by Crippen LogP contribution is -2.38. The van der Waals surface area contributed by atoms with Crippen LogP contribution in [0.5, 0.6) is 11.5 Å². The number of benzene rings is 2. The van der Waals surface area contributed by atoms with E-state index in [1.54, 1.807) is 26.4 Å². The number of carbonyl (C=O) groups is 2. The largest absolute Gasteiger partial charge is 0.497 e. The number of hydrogen-bond acceptors (Lipinski definition) is 4. The van der Waals surface area contributed by atoms with Gasteiger partial charge in [-0.05, 0) is 36.8 Å². The summed E-state index contributed by atoms with van der Waals surface area (Å²) in [6, 6.07) is 14.5. The molecular formula is C20H24N2O4. The minimum Gasteiger partial charge on any atom is -0.497 e. The number of amides is 2. The molecule has 6 nitrogen and oxygen atoms in total. The average Bonchev–Trinajstić information content (AvgIpc) is 2.66. The predicted molar refractivity (Wildman–Crippen MR) is 101 cm³/mol. The molecule has 0 aliphatic heterocycles. The minimum absolute atomic E-state index is 0.0165. The van der Waals surface area contributed by atoms with Crippen LogP contribution < -0.4 is 14.8 Å². The molecule has 0 fully saturated rings. The Balaban J connectivity index is 1.98. The Morgan fingerprint density at radius 1 is 1.04 bits per heavy atom. The fourth-order valence-corrected chi connectivity index (χ4v) is 2.56. The quantitative estimate of drug-likeness (QED) is 0.790. The van der Waals surface area contributed by atoms with Crippen molar-refractivity contribution in [1.82, 2.24) is 4.90 Å². The average molecular weight is 356 g/mol. The van der Waals surface area contributed by atoms with Crippen LogP contribution in [-0.4, -0.2) is 44.0 Å². The number of para-hydroxylation sites is 2. The van der Waals surface area contributed by atoms with Crippen molar-refractivity contribution in [2.45, 2.75) is 13.3 Å². The summed E-state index contributed by atoms with van der Waals surface area (Å²) in [7, 11) is 3.13. The molecule has 0 aliphatic rings. The van der Waals surface area contributed by atoms with Crippen molar-refractivity contribution in [1.29, 1.82) is 0 Å². The van der Waals surface area contributed by atoms with Crippen molar-refractivity contribution < 1.29 is 19.1 Å². The van der Waals surface area contributed by atoms with Gasteiger partial charge in [0.1, 0.15) is 11.5 Å². The van der Waals surface area contributed by atoms with Gasteiger partial charge in [-0.2, -0.15) is 0 Å². The van der Waals surface area contributed by atoms with Gasteiger partial charge >= 0.3 is 0 Å². The number of carbonyl (C=O) groups excluding carboxylic acids is 2. The second kappa shape index (κ2) is 9.46. The van der Waals surface area contributed by atoms with Crippen molar-refractivity contribution in [3.05, 3.63) is 54.1 Å². The number of hydrogen-bond donors (Lipinski definition) is 1. The molecule has 0 saturated carbocycles. The van der Waals surface area contributed by atoms with Crippen molar-refractivity contribution in [3.63, 3.8) is 0 Å². The summed E-state index contributed by atoms with van der Waals surface area (Å²) in [6.45, 7) is 2.28. The van der Waals surface area contributed by atoms with E-state index in [1.165, 1.54) is 4.90 Å². The molecule has 0 saturated heterocycles. The third-order valence-corrected chi connectivity index (χ3v) is 3.94. The molecule has 0 unspecified atom stereocenters. The fraction of sp³-hybridized carbons (Fsp3) is 0.300. The highest BCUT2D eigenvalue weighted by molar-refractivity contribution is 5.95. The molecule has 1 N–H and O–H groups in total. The molecule has 0 heterocycles. The first-order valence-electron chi connectivity index (χ1n) is 8.41. The van der Waals surface area contributed by atoms with E-state index in [4.69, 9.17) is 9.47 Å². The summed E-state index contributed by atoms with van der Waals surface area (Å²) in [5, 5.41) is 2.79. The van der Waals surface area contributed by atoms with Gasteiger partial charge in [0.25, 0.3) is 0 Å². The lowest BCUT2D eigenvalue weighted by atomic mass is 10.1.